The van der Waals surface area contributed by atoms with Gasteiger partial charge in [0.25, 0.3) is 0 Å². The van der Waals surface area contributed by atoms with Crippen molar-refractivity contribution < 1.29 is 9.53 Å². The first-order valence-electron chi connectivity index (χ1n) is 9.90. The van der Waals surface area contributed by atoms with Gasteiger partial charge >= 0.3 is 6.09 Å². The molecule has 4 N–H and O–H groups in total. The molecule has 0 radical (unpaired) electrons. The van der Waals surface area contributed by atoms with Crippen molar-refractivity contribution in [2.24, 2.45) is 0 Å². The Kier molecular flexibility index (Phi) is 7.16. The van der Waals surface area contributed by atoms with E-state index in [2.05, 4.69) is 66.4 Å². The monoisotopic (exact) mass is 444 g/mol. The van der Waals surface area contributed by atoms with Crippen LogP contribution in [-0.2, 0) is 4.74 Å². The molecular weight excluding hydrogens is 416 g/mol. The SMILES string of the molecule is COC(=O)Nc1nc2ccccc2[nH]1.CSc1nc(NC2CC2)nc(NC(C)(C)C)n1. The van der Waals surface area contributed by atoms with Gasteiger partial charge in [-0.1, -0.05) is 23.9 Å². The van der Waals surface area contributed by atoms with Gasteiger partial charge in [0.2, 0.25) is 17.8 Å². The van der Waals surface area contributed by atoms with Gasteiger partial charge in [0.05, 0.1) is 18.1 Å². The van der Waals surface area contributed by atoms with Crippen molar-refractivity contribution >= 4 is 46.7 Å². The van der Waals surface area contributed by atoms with E-state index in [0.29, 0.717) is 23.9 Å². The maximum atomic E-state index is 10.9. The number of hydrogen-bond donors (Lipinski definition) is 4. The molecule has 1 fully saturated rings. The van der Waals surface area contributed by atoms with Crippen LogP contribution >= 0.6 is 11.8 Å². The number of carbonyl (C=O) groups is 1. The number of anilines is 3. The zero-order valence-electron chi connectivity index (χ0n) is 18.3. The molecule has 4 rings (SSSR count). The summed E-state index contributed by atoms with van der Waals surface area (Å²) in [6.07, 6.45) is 3.85. The molecule has 1 aliphatic carbocycles. The zero-order chi connectivity index (χ0) is 22.4. The van der Waals surface area contributed by atoms with Gasteiger partial charge in [-0.05, 0) is 52.0 Å². The second-order valence-electron chi connectivity index (χ2n) is 7.98. The molecule has 31 heavy (non-hydrogen) atoms. The van der Waals surface area contributed by atoms with Crippen molar-refractivity contribution in [2.45, 2.75) is 50.4 Å². The Labute approximate surface area is 185 Å². The van der Waals surface area contributed by atoms with Crippen LogP contribution < -0.4 is 16.0 Å². The minimum atomic E-state index is -0.538. The number of carbonyl (C=O) groups excluding carboxylic acids is 1. The number of benzene rings is 1. The molecule has 0 unspecified atom stereocenters. The topological polar surface area (TPSA) is 130 Å². The van der Waals surface area contributed by atoms with Crippen molar-refractivity contribution in [3.63, 3.8) is 0 Å². The molecule has 10 nitrogen and oxygen atoms in total. The second-order valence-corrected chi connectivity index (χ2v) is 8.76. The molecule has 2 heterocycles. The lowest BCUT2D eigenvalue weighted by atomic mass is 10.1. The van der Waals surface area contributed by atoms with E-state index in [1.165, 1.54) is 31.7 Å². The van der Waals surface area contributed by atoms with E-state index in [1.807, 2.05) is 30.5 Å². The largest absolute Gasteiger partial charge is 0.453 e. The number of imidazole rings is 1. The molecular formula is C20H28N8O2S. The van der Waals surface area contributed by atoms with E-state index in [9.17, 15) is 4.79 Å². The highest BCUT2D eigenvalue weighted by Crippen LogP contribution is 2.24. The number of thioether (sulfide) groups is 1. The predicted octanol–water partition coefficient (Wildman–Crippen LogP) is 4.12. The Morgan fingerprint density at radius 1 is 1.13 bits per heavy atom. The lowest BCUT2D eigenvalue weighted by molar-refractivity contribution is 0.186. The Hall–Kier alpha value is -3.08. The van der Waals surface area contributed by atoms with Crippen LogP contribution in [0.15, 0.2) is 29.4 Å². The smallest absolute Gasteiger partial charge is 0.413 e. The Morgan fingerprint density at radius 2 is 1.84 bits per heavy atom. The van der Waals surface area contributed by atoms with Gasteiger partial charge in [0.1, 0.15) is 0 Å². The molecule has 1 aliphatic rings. The van der Waals surface area contributed by atoms with Crippen molar-refractivity contribution in [1.29, 1.82) is 0 Å². The van der Waals surface area contributed by atoms with Gasteiger partial charge in [-0.2, -0.15) is 15.0 Å². The molecule has 0 spiro atoms. The summed E-state index contributed by atoms with van der Waals surface area (Å²) in [5, 5.41) is 9.77. The summed E-state index contributed by atoms with van der Waals surface area (Å²) < 4.78 is 4.44. The molecule has 166 valence electrons. The number of ether oxygens (including phenoxy) is 1. The Morgan fingerprint density at radius 3 is 2.45 bits per heavy atom. The first-order valence-corrected chi connectivity index (χ1v) is 11.1. The first-order chi connectivity index (χ1) is 14.8. The molecule has 3 aromatic rings. The Balaban J connectivity index is 0.000000179. The van der Waals surface area contributed by atoms with Crippen molar-refractivity contribution in [1.82, 2.24) is 24.9 Å². The molecule has 0 aliphatic heterocycles. The standard InChI is InChI=1S/C11H19N5S.C9H9N3O2/c1-11(2,3)16-9-13-8(12-7-5-6-7)14-10(15-9)17-4;1-14-9(13)12-8-10-6-4-2-3-5-7(6)11-8/h7H,5-6H2,1-4H3,(H2,12,13,14,15,16);2-5H,1H3,(H2,10,11,12,13). The zero-order valence-corrected chi connectivity index (χ0v) is 19.1. The maximum Gasteiger partial charge on any atom is 0.413 e. The molecule has 1 amide bonds. The number of amides is 1. The summed E-state index contributed by atoms with van der Waals surface area (Å²) in [4.78, 5) is 31.0. The summed E-state index contributed by atoms with van der Waals surface area (Å²) in [6.45, 7) is 6.26. The van der Waals surface area contributed by atoms with Gasteiger partial charge < -0.3 is 20.4 Å². The van der Waals surface area contributed by atoms with Gasteiger partial charge in [0.15, 0.2) is 5.16 Å². The van der Waals surface area contributed by atoms with E-state index in [-0.39, 0.29) is 5.54 Å². The molecule has 0 atom stereocenters. The summed E-state index contributed by atoms with van der Waals surface area (Å²) in [7, 11) is 1.30. The van der Waals surface area contributed by atoms with E-state index >= 15 is 0 Å². The third-order valence-corrected chi connectivity index (χ3v) is 4.54. The third kappa shape index (κ3) is 7.28. The fourth-order valence-electron chi connectivity index (χ4n) is 2.47. The number of hydrogen-bond acceptors (Lipinski definition) is 9. The van der Waals surface area contributed by atoms with Crippen LogP contribution in [0.3, 0.4) is 0 Å². The molecule has 0 bridgehead atoms. The van der Waals surface area contributed by atoms with Crippen molar-refractivity contribution in [3.8, 4) is 0 Å². The minimum absolute atomic E-state index is 0.0477. The number of nitrogens with one attached hydrogen (secondary N) is 4. The fourth-order valence-corrected chi connectivity index (χ4v) is 2.83. The number of para-hydroxylation sites is 2. The normalized spacial score (nSPS) is 13.2. The Bertz CT molecular complexity index is 996. The fraction of sp³-hybridized carbons (Fsp3) is 0.450. The molecule has 1 saturated carbocycles. The number of nitrogens with zero attached hydrogens (tertiary/aromatic N) is 4. The number of methoxy groups -OCH3 is 1. The van der Waals surface area contributed by atoms with Gasteiger partial charge in [-0.3, -0.25) is 5.32 Å². The van der Waals surface area contributed by atoms with E-state index in [1.54, 1.807) is 0 Å². The lowest BCUT2D eigenvalue weighted by Gasteiger charge is -2.20. The van der Waals surface area contributed by atoms with Crippen LogP contribution in [0.25, 0.3) is 11.0 Å². The molecule has 1 aromatic carbocycles. The highest BCUT2D eigenvalue weighted by Gasteiger charge is 2.23. The third-order valence-electron chi connectivity index (χ3n) is 3.99. The summed E-state index contributed by atoms with van der Waals surface area (Å²) in [6, 6.07) is 8.06. The van der Waals surface area contributed by atoms with Crippen molar-refractivity contribution in [3.05, 3.63) is 24.3 Å². The highest BCUT2D eigenvalue weighted by atomic mass is 32.2. The predicted molar refractivity (Wildman–Crippen MR) is 124 cm³/mol. The van der Waals surface area contributed by atoms with Gasteiger partial charge in [0, 0.05) is 11.6 Å². The van der Waals surface area contributed by atoms with Crippen molar-refractivity contribution in [2.75, 3.05) is 29.3 Å². The minimum Gasteiger partial charge on any atom is -0.453 e. The van der Waals surface area contributed by atoms with Crippen LogP contribution in [0.5, 0.6) is 0 Å². The highest BCUT2D eigenvalue weighted by molar-refractivity contribution is 7.98. The average molecular weight is 445 g/mol. The van der Waals surface area contributed by atoms with E-state index < -0.39 is 6.09 Å². The van der Waals surface area contributed by atoms with Crippen LogP contribution in [0.4, 0.5) is 22.6 Å². The second kappa shape index (κ2) is 9.82. The van der Waals surface area contributed by atoms with Crippen LogP contribution in [-0.4, -0.2) is 56.0 Å². The summed E-state index contributed by atoms with van der Waals surface area (Å²) >= 11 is 1.53. The van der Waals surface area contributed by atoms with E-state index in [4.69, 9.17) is 0 Å². The number of H-pyrrole nitrogens is 1. The molecule has 2 aromatic heterocycles. The molecule has 0 saturated heterocycles. The van der Waals surface area contributed by atoms with Gasteiger partial charge in [-0.15, -0.1) is 0 Å². The number of fused-ring (bicyclic) bond motifs is 1. The number of aromatic nitrogens is 5. The summed E-state index contributed by atoms with van der Waals surface area (Å²) in [5.74, 6) is 1.71. The molecule has 11 heteroatoms. The average Bonchev–Trinajstić information content (AvgIpc) is 3.42. The number of rotatable bonds is 5. The quantitative estimate of drug-likeness (QED) is 0.429. The maximum absolute atomic E-state index is 10.9. The van der Waals surface area contributed by atoms with E-state index in [0.717, 1.165) is 16.2 Å². The number of aromatic amines is 1. The summed E-state index contributed by atoms with van der Waals surface area (Å²) in [5.41, 5.74) is 1.63. The van der Waals surface area contributed by atoms with Crippen LogP contribution in [0.1, 0.15) is 33.6 Å². The van der Waals surface area contributed by atoms with Crippen LogP contribution in [0.2, 0.25) is 0 Å². The van der Waals surface area contributed by atoms with Gasteiger partial charge in [-0.25, -0.2) is 9.78 Å². The van der Waals surface area contributed by atoms with Crippen LogP contribution in [0, 0.1) is 0 Å². The first kappa shape index (κ1) is 22.6. The lowest BCUT2D eigenvalue weighted by Crippen LogP contribution is -2.28.